The molecule has 0 saturated carbocycles. The molecule has 0 spiro atoms. The Balaban J connectivity index is 1.55. The number of amides is 1. The van der Waals surface area contributed by atoms with Crippen LogP contribution >= 0.6 is 22.9 Å². The zero-order valence-corrected chi connectivity index (χ0v) is 17.1. The number of nitrogens with zero attached hydrogens (tertiary/aromatic N) is 3. The lowest BCUT2D eigenvalue weighted by molar-refractivity contribution is -0.384. The van der Waals surface area contributed by atoms with E-state index in [1.807, 2.05) is 5.38 Å². The van der Waals surface area contributed by atoms with E-state index in [9.17, 15) is 19.3 Å². The molecule has 0 aliphatic heterocycles. The van der Waals surface area contributed by atoms with Crippen molar-refractivity contribution < 1.29 is 18.8 Å². The molecule has 4 rings (SSSR count). The van der Waals surface area contributed by atoms with Gasteiger partial charge in [0.1, 0.15) is 17.0 Å². The number of nitro groups is 1. The van der Waals surface area contributed by atoms with Gasteiger partial charge in [-0.25, -0.2) is 14.4 Å². The number of rotatable bonds is 6. The molecule has 0 unspecified atom stereocenters. The summed E-state index contributed by atoms with van der Waals surface area (Å²) in [5, 5.41) is 16.0. The average molecular weight is 459 g/mol. The van der Waals surface area contributed by atoms with Gasteiger partial charge in [-0.15, -0.1) is 11.3 Å². The number of carbonyl (C=O) groups excluding carboxylic acids is 1. The summed E-state index contributed by atoms with van der Waals surface area (Å²) >= 11 is 7.36. The Morgan fingerprint density at radius 1 is 1.23 bits per heavy atom. The second-order valence-electron chi connectivity index (χ2n) is 6.27. The van der Waals surface area contributed by atoms with Crippen molar-refractivity contribution >= 4 is 50.4 Å². The number of hydrogen-bond donors (Lipinski definition) is 1. The minimum absolute atomic E-state index is 0.0971. The summed E-state index contributed by atoms with van der Waals surface area (Å²) in [6.07, 6.45) is 1.32. The Morgan fingerprint density at radius 3 is 2.74 bits per heavy atom. The van der Waals surface area contributed by atoms with Gasteiger partial charge in [-0.2, -0.15) is 0 Å². The molecule has 0 aliphatic rings. The molecule has 1 N–H and O–H groups in total. The number of nitro benzene ring substituents is 1. The van der Waals surface area contributed by atoms with Gasteiger partial charge in [0.2, 0.25) is 5.88 Å². The van der Waals surface area contributed by atoms with Gasteiger partial charge in [-0.3, -0.25) is 14.9 Å². The molecule has 0 bridgehead atoms. The molecule has 0 fully saturated rings. The first-order valence-corrected chi connectivity index (χ1v) is 10.0. The number of aromatic nitrogens is 2. The highest BCUT2D eigenvalue weighted by Crippen LogP contribution is 2.37. The fourth-order valence-electron chi connectivity index (χ4n) is 2.84. The van der Waals surface area contributed by atoms with Crippen LogP contribution in [-0.4, -0.2) is 27.4 Å². The van der Waals surface area contributed by atoms with Crippen molar-refractivity contribution in [3.05, 3.63) is 75.1 Å². The van der Waals surface area contributed by atoms with Crippen LogP contribution in [0, 0.1) is 15.9 Å². The van der Waals surface area contributed by atoms with Crippen LogP contribution in [0.5, 0.6) is 5.88 Å². The van der Waals surface area contributed by atoms with Gasteiger partial charge in [0.05, 0.1) is 21.0 Å². The van der Waals surface area contributed by atoms with Gasteiger partial charge in [-0.05, 0) is 23.8 Å². The number of hydrogen-bond acceptors (Lipinski definition) is 7. The first-order valence-electron chi connectivity index (χ1n) is 8.77. The third-order valence-corrected chi connectivity index (χ3v) is 5.48. The summed E-state index contributed by atoms with van der Waals surface area (Å²) in [5.41, 5.74) is 1.39. The Kier molecular flexibility index (Phi) is 5.74. The maximum atomic E-state index is 13.3. The van der Waals surface area contributed by atoms with Crippen LogP contribution in [0.1, 0.15) is 0 Å². The monoisotopic (exact) mass is 458 g/mol. The van der Waals surface area contributed by atoms with Gasteiger partial charge in [0, 0.05) is 23.1 Å². The lowest BCUT2D eigenvalue weighted by Crippen LogP contribution is -2.20. The van der Waals surface area contributed by atoms with Crippen LogP contribution in [0.4, 0.5) is 15.8 Å². The average Bonchev–Trinajstić information content (AvgIpc) is 3.19. The van der Waals surface area contributed by atoms with Gasteiger partial charge in [-0.1, -0.05) is 23.7 Å². The van der Waals surface area contributed by atoms with Crippen LogP contribution < -0.4 is 10.1 Å². The molecule has 0 saturated heterocycles. The fourth-order valence-corrected chi connectivity index (χ4v) is 3.91. The van der Waals surface area contributed by atoms with E-state index in [0.29, 0.717) is 10.2 Å². The standard InChI is InChI=1S/C20H12ClFN4O4S/c21-15-6-5-13(26(28)29)7-16(15)25-17(27)8-30-19-18-14(9-31-20(18)24-10-23-19)11-1-3-12(22)4-2-11/h1-7,9-10H,8H2,(H,25,27). The molecule has 4 aromatic rings. The van der Waals surface area contributed by atoms with E-state index in [1.54, 1.807) is 12.1 Å². The van der Waals surface area contributed by atoms with Gasteiger partial charge in [0.15, 0.2) is 6.61 Å². The highest BCUT2D eigenvalue weighted by molar-refractivity contribution is 7.17. The number of carbonyl (C=O) groups is 1. The van der Waals surface area contributed by atoms with Crippen LogP contribution in [0.3, 0.4) is 0 Å². The highest BCUT2D eigenvalue weighted by Gasteiger charge is 2.17. The minimum atomic E-state index is -0.590. The Labute approximate surface area is 183 Å². The second-order valence-corrected chi connectivity index (χ2v) is 7.54. The van der Waals surface area contributed by atoms with Crippen LogP contribution in [0.25, 0.3) is 21.3 Å². The van der Waals surface area contributed by atoms with Gasteiger partial charge in [0.25, 0.3) is 11.6 Å². The summed E-state index contributed by atoms with van der Waals surface area (Å²) in [7, 11) is 0. The van der Waals surface area contributed by atoms with E-state index in [-0.39, 0.29) is 28.1 Å². The van der Waals surface area contributed by atoms with E-state index in [2.05, 4.69) is 15.3 Å². The third kappa shape index (κ3) is 4.44. The van der Waals surface area contributed by atoms with Crippen LogP contribution in [-0.2, 0) is 4.79 Å². The molecule has 156 valence electrons. The minimum Gasteiger partial charge on any atom is -0.467 e. The van der Waals surface area contributed by atoms with Crippen molar-refractivity contribution in [2.45, 2.75) is 0 Å². The lowest BCUT2D eigenvalue weighted by Gasteiger charge is -2.09. The largest absolute Gasteiger partial charge is 0.467 e. The number of fused-ring (bicyclic) bond motifs is 1. The number of nitrogens with one attached hydrogen (secondary N) is 1. The highest BCUT2D eigenvalue weighted by atomic mass is 35.5. The van der Waals surface area contributed by atoms with E-state index in [4.69, 9.17) is 16.3 Å². The topological polar surface area (TPSA) is 107 Å². The molecule has 8 nitrogen and oxygen atoms in total. The van der Waals surface area contributed by atoms with Crippen molar-refractivity contribution in [3.63, 3.8) is 0 Å². The lowest BCUT2D eigenvalue weighted by atomic mass is 10.1. The molecular weight excluding hydrogens is 447 g/mol. The first-order chi connectivity index (χ1) is 14.9. The Morgan fingerprint density at radius 2 is 2.00 bits per heavy atom. The number of anilines is 1. The number of halogens is 2. The van der Waals surface area contributed by atoms with E-state index in [0.717, 1.165) is 17.2 Å². The molecular formula is C20H12ClFN4O4S. The van der Waals surface area contributed by atoms with E-state index in [1.165, 1.54) is 41.9 Å². The zero-order chi connectivity index (χ0) is 22.0. The fraction of sp³-hybridized carbons (Fsp3) is 0.0500. The van der Waals surface area contributed by atoms with E-state index >= 15 is 0 Å². The summed E-state index contributed by atoms with van der Waals surface area (Å²) in [6, 6.07) is 9.67. The van der Waals surface area contributed by atoms with E-state index < -0.39 is 17.4 Å². The second kappa shape index (κ2) is 8.62. The Hall–Kier alpha value is -3.63. The number of benzene rings is 2. The van der Waals surface area contributed by atoms with Crippen molar-refractivity contribution in [1.82, 2.24) is 9.97 Å². The smallest absolute Gasteiger partial charge is 0.271 e. The number of non-ortho nitro benzene ring substituents is 1. The summed E-state index contributed by atoms with van der Waals surface area (Å²) < 4.78 is 18.9. The molecule has 0 atom stereocenters. The van der Waals surface area contributed by atoms with Crippen LogP contribution in [0.2, 0.25) is 5.02 Å². The maximum Gasteiger partial charge on any atom is 0.271 e. The molecule has 0 aliphatic carbocycles. The maximum absolute atomic E-state index is 13.3. The predicted molar refractivity (Wildman–Crippen MR) is 115 cm³/mol. The molecule has 2 aromatic heterocycles. The number of ether oxygens (including phenoxy) is 1. The molecule has 2 aromatic carbocycles. The summed E-state index contributed by atoms with van der Waals surface area (Å²) in [6.45, 7) is -0.413. The molecule has 1 amide bonds. The van der Waals surface area contributed by atoms with Crippen molar-refractivity contribution in [2.24, 2.45) is 0 Å². The zero-order valence-electron chi connectivity index (χ0n) is 15.5. The van der Waals surface area contributed by atoms with Gasteiger partial charge >= 0.3 is 0 Å². The molecule has 2 heterocycles. The Bertz CT molecular complexity index is 1300. The quantitative estimate of drug-likeness (QED) is 0.319. The molecule has 0 radical (unpaired) electrons. The van der Waals surface area contributed by atoms with Gasteiger partial charge < -0.3 is 10.1 Å². The normalized spacial score (nSPS) is 10.8. The summed E-state index contributed by atoms with van der Waals surface area (Å²) in [5.74, 6) is -0.744. The number of thiophene rings is 1. The SMILES string of the molecule is O=C(COc1ncnc2scc(-c3ccc(F)cc3)c12)Nc1cc([N+](=O)[O-])ccc1Cl. The third-order valence-electron chi connectivity index (χ3n) is 4.27. The van der Waals surface area contributed by atoms with Crippen molar-refractivity contribution in [3.8, 4) is 17.0 Å². The molecule has 11 heteroatoms. The predicted octanol–water partition coefficient (Wildman–Crippen LogP) is 5.08. The van der Waals surface area contributed by atoms with Crippen molar-refractivity contribution in [2.75, 3.05) is 11.9 Å². The summed E-state index contributed by atoms with van der Waals surface area (Å²) in [4.78, 5) is 31.6. The first kappa shape index (κ1) is 20.6. The van der Waals surface area contributed by atoms with Crippen molar-refractivity contribution in [1.29, 1.82) is 0 Å². The molecule has 31 heavy (non-hydrogen) atoms. The van der Waals surface area contributed by atoms with Crippen LogP contribution in [0.15, 0.2) is 54.2 Å².